The number of fused-ring (bicyclic) bond motifs is 3. The van der Waals surface area contributed by atoms with Gasteiger partial charge in [0.05, 0.1) is 18.5 Å². The molecule has 0 fully saturated rings. The fourth-order valence-corrected chi connectivity index (χ4v) is 3.27. The largest absolute Gasteiger partial charge is 0.478 e. The average molecular weight is 320 g/mol. The van der Waals surface area contributed by atoms with Crippen LogP contribution in [0.25, 0.3) is 22.4 Å². The zero-order valence-electron chi connectivity index (χ0n) is 13.9. The molecule has 0 atom stereocenters. The minimum atomic E-state index is 0.605. The second-order valence-corrected chi connectivity index (χ2v) is 5.81. The highest BCUT2D eigenvalue weighted by Gasteiger charge is 2.23. The van der Waals surface area contributed by atoms with Gasteiger partial charge in [-0.15, -0.1) is 0 Å². The summed E-state index contributed by atoms with van der Waals surface area (Å²) in [5, 5.41) is 7.34. The number of ether oxygens (including phenoxy) is 1. The van der Waals surface area contributed by atoms with Gasteiger partial charge in [0.25, 0.3) is 0 Å². The lowest BCUT2D eigenvalue weighted by molar-refractivity contribution is 0.328. The first-order chi connectivity index (χ1) is 11.8. The topological polar surface area (TPSA) is 54.0 Å². The van der Waals surface area contributed by atoms with Crippen LogP contribution in [-0.4, -0.2) is 28.3 Å². The lowest BCUT2D eigenvalue weighted by Crippen LogP contribution is -2.25. The van der Waals surface area contributed by atoms with Crippen LogP contribution >= 0.6 is 0 Å². The highest BCUT2D eigenvalue weighted by Crippen LogP contribution is 2.41. The molecule has 3 heterocycles. The summed E-state index contributed by atoms with van der Waals surface area (Å²) in [4.78, 5) is 6.74. The number of H-pyrrole nitrogens is 1. The van der Waals surface area contributed by atoms with Crippen LogP contribution in [-0.2, 0) is 6.54 Å². The van der Waals surface area contributed by atoms with Crippen molar-refractivity contribution in [3.8, 4) is 28.3 Å². The number of aromatic amines is 1. The molecular formula is C19H20N4O. The second-order valence-electron chi connectivity index (χ2n) is 5.81. The molecule has 4 rings (SSSR count). The molecule has 1 aromatic carbocycles. The zero-order chi connectivity index (χ0) is 16.5. The number of hydrogen-bond acceptors (Lipinski definition) is 4. The second kappa shape index (κ2) is 6.00. The maximum absolute atomic E-state index is 5.69. The van der Waals surface area contributed by atoms with Gasteiger partial charge in [-0.25, -0.2) is 4.98 Å². The molecule has 0 spiro atoms. The van der Waals surface area contributed by atoms with Gasteiger partial charge in [0.2, 0.25) is 5.88 Å². The molecule has 0 bridgehead atoms. The van der Waals surface area contributed by atoms with Gasteiger partial charge < -0.3 is 9.64 Å². The Balaban J connectivity index is 1.85. The molecule has 1 aliphatic heterocycles. The highest BCUT2D eigenvalue weighted by molar-refractivity contribution is 5.85. The fraction of sp³-hybridized carbons (Fsp3) is 0.263. The first-order valence-corrected chi connectivity index (χ1v) is 8.31. The summed E-state index contributed by atoms with van der Waals surface area (Å²) in [6.07, 6.45) is 3.69. The van der Waals surface area contributed by atoms with E-state index >= 15 is 0 Å². The van der Waals surface area contributed by atoms with Gasteiger partial charge in [0.15, 0.2) is 0 Å². The van der Waals surface area contributed by atoms with E-state index in [0.717, 1.165) is 29.9 Å². The molecule has 5 nitrogen and oxygen atoms in total. The van der Waals surface area contributed by atoms with Gasteiger partial charge in [-0.2, -0.15) is 5.10 Å². The van der Waals surface area contributed by atoms with E-state index in [4.69, 9.17) is 4.74 Å². The molecule has 3 aromatic rings. The molecule has 0 aliphatic carbocycles. The SMILES string of the molecule is CCOc1ncccc1-c1ccc2c(c1)N(CC)Cc1cn[nH]c1-2. The summed E-state index contributed by atoms with van der Waals surface area (Å²) in [6, 6.07) is 10.5. The van der Waals surface area contributed by atoms with E-state index < -0.39 is 0 Å². The van der Waals surface area contributed by atoms with Gasteiger partial charge in [-0.3, -0.25) is 5.10 Å². The number of rotatable bonds is 4. The van der Waals surface area contributed by atoms with Crippen LogP contribution in [0.4, 0.5) is 5.69 Å². The van der Waals surface area contributed by atoms with E-state index in [1.165, 1.54) is 16.8 Å². The number of nitrogens with zero attached hydrogens (tertiary/aromatic N) is 3. The number of anilines is 1. The zero-order valence-corrected chi connectivity index (χ0v) is 13.9. The minimum Gasteiger partial charge on any atom is -0.478 e. The van der Waals surface area contributed by atoms with E-state index in [2.05, 4.69) is 51.3 Å². The van der Waals surface area contributed by atoms with Crippen molar-refractivity contribution in [3.63, 3.8) is 0 Å². The van der Waals surface area contributed by atoms with E-state index in [0.29, 0.717) is 12.5 Å². The molecule has 0 radical (unpaired) electrons. The van der Waals surface area contributed by atoms with Gasteiger partial charge in [-0.1, -0.05) is 12.1 Å². The molecule has 122 valence electrons. The Bertz CT molecular complexity index is 871. The van der Waals surface area contributed by atoms with Crippen molar-refractivity contribution in [2.45, 2.75) is 20.4 Å². The summed E-state index contributed by atoms with van der Waals surface area (Å²) < 4.78 is 5.69. The molecule has 0 saturated heterocycles. The molecule has 0 amide bonds. The van der Waals surface area contributed by atoms with Crippen molar-refractivity contribution in [1.82, 2.24) is 15.2 Å². The average Bonchev–Trinajstić information content (AvgIpc) is 3.10. The molecule has 24 heavy (non-hydrogen) atoms. The third kappa shape index (κ3) is 2.33. The van der Waals surface area contributed by atoms with Crippen LogP contribution in [0.1, 0.15) is 19.4 Å². The first-order valence-electron chi connectivity index (χ1n) is 8.31. The number of pyridine rings is 1. The minimum absolute atomic E-state index is 0.605. The van der Waals surface area contributed by atoms with Gasteiger partial charge in [-0.05, 0) is 37.6 Å². The van der Waals surface area contributed by atoms with Crippen molar-refractivity contribution in [3.05, 3.63) is 48.3 Å². The summed E-state index contributed by atoms with van der Waals surface area (Å²) in [6.45, 7) is 6.59. The summed E-state index contributed by atoms with van der Waals surface area (Å²) >= 11 is 0. The molecule has 1 N–H and O–H groups in total. The lowest BCUT2D eigenvalue weighted by atomic mass is 9.96. The number of nitrogens with one attached hydrogen (secondary N) is 1. The molecule has 0 saturated carbocycles. The third-order valence-corrected chi connectivity index (χ3v) is 4.43. The standard InChI is InChI=1S/C19H20N4O/c1-3-23-12-14-11-21-22-18(14)16-8-7-13(10-17(16)23)15-6-5-9-20-19(15)24-4-2/h5-11H,3-4,12H2,1-2H3,(H,21,22). The molecule has 1 aliphatic rings. The van der Waals surface area contributed by atoms with E-state index in [1.807, 2.05) is 19.2 Å². The van der Waals surface area contributed by atoms with Crippen molar-refractivity contribution < 1.29 is 4.74 Å². The maximum Gasteiger partial charge on any atom is 0.221 e. The summed E-state index contributed by atoms with van der Waals surface area (Å²) in [5.74, 6) is 0.682. The Labute approximate surface area is 141 Å². The van der Waals surface area contributed by atoms with Crippen LogP contribution in [0.5, 0.6) is 5.88 Å². The normalized spacial score (nSPS) is 12.7. The van der Waals surface area contributed by atoms with Gasteiger partial charge in [0.1, 0.15) is 0 Å². The summed E-state index contributed by atoms with van der Waals surface area (Å²) in [5.41, 5.74) is 6.92. The number of aromatic nitrogens is 3. The van der Waals surface area contributed by atoms with Crippen molar-refractivity contribution in [2.75, 3.05) is 18.1 Å². The van der Waals surface area contributed by atoms with Crippen LogP contribution in [0.2, 0.25) is 0 Å². The predicted molar refractivity (Wildman–Crippen MR) is 95.1 cm³/mol. The predicted octanol–water partition coefficient (Wildman–Crippen LogP) is 3.88. The Morgan fingerprint density at radius 1 is 1.21 bits per heavy atom. The van der Waals surface area contributed by atoms with Gasteiger partial charge in [0, 0.05) is 41.7 Å². The van der Waals surface area contributed by atoms with E-state index in [-0.39, 0.29) is 0 Å². The van der Waals surface area contributed by atoms with Crippen LogP contribution in [0.3, 0.4) is 0 Å². The van der Waals surface area contributed by atoms with Crippen LogP contribution in [0.15, 0.2) is 42.7 Å². The molecule has 0 unspecified atom stereocenters. The van der Waals surface area contributed by atoms with Crippen molar-refractivity contribution in [1.29, 1.82) is 0 Å². The quantitative estimate of drug-likeness (QED) is 0.792. The third-order valence-electron chi connectivity index (χ3n) is 4.43. The lowest BCUT2D eigenvalue weighted by Gasteiger charge is -2.30. The van der Waals surface area contributed by atoms with E-state index in [9.17, 15) is 0 Å². The first kappa shape index (κ1) is 14.8. The van der Waals surface area contributed by atoms with Crippen LogP contribution in [0, 0.1) is 0 Å². The highest BCUT2D eigenvalue weighted by atomic mass is 16.5. The Kier molecular flexibility index (Phi) is 3.69. The Hall–Kier alpha value is -2.82. The Morgan fingerprint density at radius 3 is 2.96 bits per heavy atom. The monoisotopic (exact) mass is 320 g/mol. The van der Waals surface area contributed by atoms with Gasteiger partial charge >= 0.3 is 0 Å². The van der Waals surface area contributed by atoms with Crippen LogP contribution < -0.4 is 9.64 Å². The van der Waals surface area contributed by atoms with Crippen molar-refractivity contribution in [2.24, 2.45) is 0 Å². The molecular weight excluding hydrogens is 300 g/mol. The maximum atomic E-state index is 5.69. The fourth-order valence-electron chi connectivity index (χ4n) is 3.27. The molecule has 2 aromatic heterocycles. The molecule has 5 heteroatoms. The van der Waals surface area contributed by atoms with Crippen molar-refractivity contribution >= 4 is 5.69 Å². The Morgan fingerprint density at radius 2 is 2.12 bits per heavy atom. The van der Waals surface area contributed by atoms with E-state index in [1.54, 1.807) is 6.20 Å². The number of hydrogen-bond donors (Lipinski definition) is 1. The number of benzene rings is 1. The summed E-state index contributed by atoms with van der Waals surface area (Å²) in [7, 11) is 0. The smallest absolute Gasteiger partial charge is 0.221 e.